The Bertz CT molecular complexity index is 757. The number of benzene rings is 1. The van der Waals surface area contributed by atoms with E-state index in [4.69, 9.17) is 0 Å². The van der Waals surface area contributed by atoms with Crippen molar-refractivity contribution >= 4 is 27.3 Å². The first-order valence-electron chi connectivity index (χ1n) is 8.10. The monoisotopic (exact) mass is 350 g/mol. The van der Waals surface area contributed by atoms with E-state index in [9.17, 15) is 18.0 Å². The molecule has 3 rings (SSSR count). The Kier molecular flexibility index (Phi) is 4.38. The van der Waals surface area contributed by atoms with Gasteiger partial charge in [-0.3, -0.25) is 9.59 Å². The second-order valence-electron chi connectivity index (χ2n) is 6.77. The van der Waals surface area contributed by atoms with Gasteiger partial charge in [-0.1, -0.05) is 17.7 Å². The van der Waals surface area contributed by atoms with Crippen LogP contribution in [0.15, 0.2) is 24.3 Å². The van der Waals surface area contributed by atoms with Crippen LogP contribution in [0.4, 0.5) is 5.69 Å². The number of hydrogen-bond acceptors (Lipinski definition) is 4. The predicted octanol–water partition coefficient (Wildman–Crippen LogP) is 0.993. The fourth-order valence-corrected chi connectivity index (χ4v) is 4.37. The van der Waals surface area contributed by atoms with Gasteiger partial charge in [0, 0.05) is 38.0 Å². The first-order valence-corrected chi connectivity index (χ1v) is 10.1. The van der Waals surface area contributed by atoms with E-state index in [1.54, 1.807) is 9.80 Å². The van der Waals surface area contributed by atoms with E-state index in [0.717, 1.165) is 11.3 Å². The second kappa shape index (κ2) is 6.20. The highest BCUT2D eigenvalue weighted by Crippen LogP contribution is 2.28. The minimum atomic E-state index is -3.13. The summed E-state index contributed by atoms with van der Waals surface area (Å²) in [7, 11) is -3.13. The summed E-state index contributed by atoms with van der Waals surface area (Å²) in [4.78, 5) is 28.2. The van der Waals surface area contributed by atoms with Crippen molar-refractivity contribution in [2.45, 2.75) is 25.0 Å². The smallest absolute Gasteiger partial charge is 0.228 e. The van der Waals surface area contributed by atoms with E-state index in [1.807, 2.05) is 31.2 Å². The summed E-state index contributed by atoms with van der Waals surface area (Å²) in [5.74, 6) is -0.558. The molecule has 2 heterocycles. The quantitative estimate of drug-likeness (QED) is 0.815. The van der Waals surface area contributed by atoms with Crippen molar-refractivity contribution in [1.29, 1.82) is 0 Å². The fraction of sp³-hybridized carbons (Fsp3) is 0.529. The number of likely N-dealkylation sites (tertiary alicyclic amines) is 1. The van der Waals surface area contributed by atoms with Gasteiger partial charge in [0.05, 0.1) is 11.2 Å². The van der Waals surface area contributed by atoms with E-state index in [2.05, 4.69) is 0 Å². The van der Waals surface area contributed by atoms with Gasteiger partial charge < -0.3 is 9.80 Å². The van der Waals surface area contributed by atoms with Crippen LogP contribution in [0.3, 0.4) is 0 Å². The van der Waals surface area contributed by atoms with E-state index >= 15 is 0 Å². The summed E-state index contributed by atoms with van der Waals surface area (Å²) in [5.41, 5.74) is 1.92. The maximum Gasteiger partial charge on any atom is 0.228 e. The Morgan fingerprint density at radius 2 is 1.83 bits per heavy atom. The number of anilines is 1. The third kappa shape index (κ3) is 3.31. The van der Waals surface area contributed by atoms with Crippen molar-refractivity contribution in [3.63, 3.8) is 0 Å². The highest BCUT2D eigenvalue weighted by atomic mass is 32.2. The van der Waals surface area contributed by atoms with Crippen LogP contribution in [-0.2, 0) is 19.4 Å². The van der Waals surface area contributed by atoms with Gasteiger partial charge in [-0.2, -0.15) is 0 Å². The summed E-state index contributed by atoms with van der Waals surface area (Å²) < 4.78 is 23.3. The van der Waals surface area contributed by atoms with E-state index in [0.29, 0.717) is 19.5 Å². The SMILES string of the molecule is Cc1ccc(N2CC(C(=O)N3CCC(S(C)(=O)=O)C3)CC2=O)cc1. The molecule has 2 aliphatic rings. The summed E-state index contributed by atoms with van der Waals surface area (Å²) >= 11 is 0. The molecule has 0 spiro atoms. The number of amides is 2. The topological polar surface area (TPSA) is 74.8 Å². The van der Waals surface area contributed by atoms with Crippen molar-refractivity contribution in [2.75, 3.05) is 30.8 Å². The summed E-state index contributed by atoms with van der Waals surface area (Å²) in [6.45, 7) is 3.03. The molecule has 6 nitrogen and oxygen atoms in total. The van der Waals surface area contributed by atoms with Crippen LogP contribution in [0, 0.1) is 12.8 Å². The predicted molar refractivity (Wildman–Crippen MR) is 91.5 cm³/mol. The molecular formula is C17H22N2O4S. The van der Waals surface area contributed by atoms with Gasteiger partial charge in [0.25, 0.3) is 0 Å². The molecular weight excluding hydrogens is 328 g/mol. The lowest BCUT2D eigenvalue weighted by molar-refractivity contribution is -0.134. The molecule has 2 fully saturated rings. The van der Waals surface area contributed by atoms with Crippen LogP contribution in [0.5, 0.6) is 0 Å². The van der Waals surface area contributed by atoms with Gasteiger partial charge in [-0.25, -0.2) is 8.42 Å². The van der Waals surface area contributed by atoms with E-state index < -0.39 is 21.0 Å². The molecule has 0 aliphatic carbocycles. The Morgan fingerprint density at radius 3 is 2.42 bits per heavy atom. The molecule has 2 saturated heterocycles. The van der Waals surface area contributed by atoms with E-state index in [1.165, 1.54) is 6.26 Å². The molecule has 0 bridgehead atoms. The third-order valence-corrected chi connectivity index (χ3v) is 6.48. The van der Waals surface area contributed by atoms with Crippen molar-refractivity contribution in [2.24, 2.45) is 5.92 Å². The highest BCUT2D eigenvalue weighted by molar-refractivity contribution is 7.91. The number of carbonyl (C=O) groups excluding carboxylic acids is 2. The van der Waals surface area contributed by atoms with Crippen LogP contribution < -0.4 is 4.90 Å². The average Bonchev–Trinajstić information content (AvgIpc) is 3.14. The van der Waals surface area contributed by atoms with Crippen molar-refractivity contribution in [3.05, 3.63) is 29.8 Å². The molecule has 2 atom stereocenters. The lowest BCUT2D eigenvalue weighted by Gasteiger charge is -2.21. The molecule has 2 amide bonds. The molecule has 130 valence electrons. The van der Waals surface area contributed by atoms with Crippen LogP contribution >= 0.6 is 0 Å². The van der Waals surface area contributed by atoms with Gasteiger partial charge >= 0.3 is 0 Å². The standard InChI is InChI=1S/C17H22N2O4S/c1-12-3-5-14(6-4-12)19-10-13(9-16(19)20)17(21)18-8-7-15(11-18)24(2,22)23/h3-6,13,15H,7-11H2,1-2H3. The van der Waals surface area contributed by atoms with Crippen LogP contribution in [0.1, 0.15) is 18.4 Å². The molecule has 1 aromatic carbocycles. The Hall–Kier alpha value is -1.89. The van der Waals surface area contributed by atoms with Gasteiger partial charge in [0.15, 0.2) is 9.84 Å². The second-order valence-corrected chi connectivity index (χ2v) is 9.09. The molecule has 0 N–H and O–H groups in total. The Labute approximate surface area is 142 Å². The first-order chi connectivity index (χ1) is 11.3. The highest BCUT2D eigenvalue weighted by Gasteiger charge is 2.40. The van der Waals surface area contributed by atoms with Crippen molar-refractivity contribution in [1.82, 2.24) is 4.90 Å². The lowest BCUT2D eigenvalue weighted by atomic mass is 10.1. The number of carbonyl (C=O) groups is 2. The summed E-state index contributed by atoms with van der Waals surface area (Å²) in [5, 5.41) is -0.480. The molecule has 2 aliphatic heterocycles. The number of sulfone groups is 1. The van der Waals surface area contributed by atoms with Crippen LogP contribution in [0.2, 0.25) is 0 Å². The molecule has 24 heavy (non-hydrogen) atoms. The van der Waals surface area contributed by atoms with Crippen LogP contribution in [-0.4, -0.2) is 56.3 Å². The fourth-order valence-electron chi connectivity index (χ4n) is 3.38. The third-order valence-electron chi connectivity index (χ3n) is 4.88. The number of hydrogen-bond donors (Lipinski definition) is 0. The summed E-state index contributed by atoms with van der Waals surface area (Å²) in [6, 6.07) is 7.65. The zero-order valence-electron chi connectivity index (χ0n) is 13.9. The molecule has 7 heteroatoms. The number of rotatable bonds is 3. The average molecular weight is 350 g/mol. The molecule has 2 unspecified atom stereocenters. The Morgan fingerprint density at radius 1 is 1.17 bits per heavy atom. The largest absolute Gasteiger partial charge is 0.341 e. The molecule has 0 radical (unpaired) electrons. The van der Waals surface area contributed by atoms with Gasteiger partial charge in [-0.15, -0.1) is 0 Å². The lowest BCUT2D eigenvalue weighted by Crippen LogP contribution is -2.37. The Balaban J connectivity index is 1.67. The summed E-state index contributed by atoms with van der Waals surface area (Å²) in [6.07, 6.45) is 1.88. The minimum Gasteiger partial charge on any atom is -0.341 e. The van der Waals surface area contributed by atoms with Gasteiger partial charge in [-0.05, 0) is 25.5 Å². The van der Waals surface area contributed by atoms with Gasteiger partial charge in [0.1, 0.15) is 0 Å². The number of aryl methyl sites for hydroxylation is 1. The first kappa shape index (κ1) is 17.0. The molecule has 1 aromatic rings. The number of nitrogens with zero attached hydrogens (tertiary/aromatic N) is 2. The zero-order valence-corrected chi connectivity index (χ0v) is 14.8. The van der Waals surface area contributed by atoms with Crippen molar-refractivity contribution < 1.29 is 18.0 Å². The van der Waals surface area contributed by atoms with Crippen LogP contribution in [0.25, 0.3) is 0 Å². The normalized spacial score (nSPS) is 24.7. The zero-order chi connectivity index (χ0) is 17.5. The minimum absolute atomic E-state index is 0.0592. The maximum atomic E-state index is 12.6. The van der Waals surface area contributed by atoms with Gasteiger partial charge in [0.2, 0.25) is 11.8 Å². The van der Waals surface area contributed by atoms with Crippen molar-refractivity contribution in [3.8, 4) is 0 Å². The molecule has 0 saturated carbocycles. The molecule has 0 aromatic heterocycles. The van der Waals surface area contributed by atoms with E-state index in [-0.39, 0.29) is 24.8 Å². The maximum absolute atomic E-state index is 12.6.